The Kier molecular flexibility index (Phi) is 4.10. The molecule has 3 heterocycles. The Bertz CT molecular complexity index is 638. The van der Waals surface area contributed by atoms with Crippen molar-refractivity contribution in [1.29, 1.82) is 5.26 Å². The van der Waals surface area contributed by atoms with E-state index < -0.39 is 0 Å². The zero-order valence-corrected chi connectivity index (χ0v) is 13.8. The number of thiophene rings is 1. The highest BCUT2D eigenvalue weighted by Crippen LogP contribution is 2.36. The molecule has 4 atom stereocenters. The molecule has 4 rings (SSSR count). The van der Waals surface area contributed by atoms with Crippen LogP contribution in [-0.2, 0) is 9.53 Å². The maximum Gasteiger partial charge on any atom is 0.244 e. The van der Waals surface area contributed by atoms with Gasteiger partial charge in [-0.25, -0.2) is 0 Å². The van der Waals surface area contributed by atoms with Gasteiger partial charge in [0.05, 0.1) is 17.7 Å². The summed E-state index contributed by atoms with van der Waals surface area (Å²) in [7, 11) is 0. The van der Waals surface area contributed by atoms with Gasteiger partial charge in [0.25, 0.3) is 0 Å². The zero-order chi connectivity index (χ0) is 15.8. The number of amides is 1. The predicted octanol–water partition coefficient (Wildman–Crippen LogP) is 2.27. The van der Waals surface area contributed by atoms with Gasteiger partial charge in [-0.1, -0.05) is 0 Å². The van der Waals surface area contributed by atoms with Gasteiger partial charge in [-0.2, -0.15) is 5.26 Å². The minimum Gasteiger partial charge on any atom is -0.378 e. The van der Waals surface area contributed by atoms with E-state index in [4.69, 9.17) is 4.74 Å². The normalized spacial score (nSPS) is 33.7. The molecular formula is C17H21N3O2S. The van der Waals surface area contributed by atoms with Crippen LogP contribution in [0.4, 0.5) is 5.00 Å². The number of rotatable bonds is 3. The van der Waals surface area contributed by atoms with Crippen molar-refractivity contribution >= 4 is 22.2 Å². The Labute approximate surface area is 140 Å². The number of ether oxygens (including phenoxy) is 1. The molecule has 0 bridgehead atoms. The van der Waals surface area contributed by atoms with Crippen LogP contribution in [0.15, 0.2) is 11.4 Å². The Morgan fingerprint density at radius 1 is 1.35 bits per heavy atom. The first-order chi connectivity index (χ1) is 11.3. The second-order valence-electron chi connectivity index (χ2n) is 6.65. The van der Waals surface area contributed by atoms with Gasteiger partial charge in [-0.05, 0) is 43.6 Å². The van der Waals surface area contributed by atoms with Crippen LogP contribution in [-0.4, -0.2) is 37.2 Å². The monoisotopic (exact) mass is 331 g/mol. The van der Waals surface area contributed by atoms with E-state index in [-0.39, 0.29) is 11.9 Å². The molecule has 0 aromatic carbocycles. The second kappa shape index (κ2) is 6.23. The highest BCUT2D eigenvalue weighted by molar-refractivity contribution is 7.14. The molecule has 3 aliphatic rings. The van der Waals surface area contributed by atoms with Crippen LogP contribution >= 0.6 is 11.3 Å². The van der Waals surface area contributed by atoms with Gasteiger partial charge < -0.3 is 15.0 Å². The van der Waals surface area contributed by atoms with Crippen LogP contribution in [0.2, 0.25) is 0 Å². The highest BCUT2D eigenvalue weighted by Gasteiger charge is 2.41. The van der Waals surface area contributed by atoms with E-state index in [0.29, 0.717) is 30.2 Å². The Balaban J connectivity index is 1.45. The summed E-state index contributed by atoms with van der Waals surface area (Å²) in [6, 6.07) is 4.24. The molecule has 6 heteroatoms. The molecule has 23 heavy (non-hydrogen) atoms. The van der Waals surface area contributed by atoms with Crippen LogP contribution < -0.4 is 10.2 Å². The number of nitrogens with zero attached hydrogens (tertiary/aromatic N) is 2. The average Bonchev–Trinajstić information content (AvgIpc) is 3.28. The topological polar surface area (TPSA) is 65.4 Å². The molecule has 1 N–H and O–H groups in total. The SMILES string of the molecule is N#Cc1ccsc1N1CCC(NC2CCCC3OCCC23)C1=O. The minimum atomic E-state index is -0.118. The van der Waals surface area contributed by atoms with Crippen molar-refractivity contribution in [3.8, 4) is 6.07 Å². The van der Waals surface area contributed by atoms with Crippen molar-refractivity contribution in [2.24, 2.45) is 5.92 Å². The molecule has 1 saturated carbocycles. The molecular weight excluding hydrogens is 310 g/mol. The van der Waals surface area contributed by atoms with Crippen molar-refractivity contribution in [3.63, 3.8) is 0 Å². The van der Waals surface area contributed by atoms with Crippen LogP contribution in [0.3, 0.4) is 0 Å². The van der Waals surface area contributed by atoms with Crippen LogP contribution in [0.5, 0.6) is 0 Å². The maximum absolute atomic E-state index is 12.8. The van der Waals surface area contributed by atoms with E-state index in [0.717, 1.165) is 37.3 Å². The summed E-state index contributed by atoms with van der Waals surface area (Å²) in [5.41, 5.74) is 0.603. The summed E-state index contributed by atoms with van der Waals surface area (Å²) in [6.07, 6.45) is 5.78. The van der Waals surface area contributed by atoms with Gasteiger partial charge >= 0.3 is 0 Å². The highest BCUT2D eigenvalue weighted by atomic mass is 32.1. The number of anilines is 1. The molecule has 1 aliphatic carbocycles. The van der Waals surface area contributed by atoms with Gasteiger partial charge in [0.2, 0.25) is 5.91 Å². The van der Waals surface area contributed by atoms with Crippen LogP contribution in [0, 0.1) is 17.2 Å². The van der Waals surface area contributed by atoms with Gasteiger partial charge in [0.15, 0.2) is 0 Å². The number of nitrogens with one attached hydrogen (secondary N) is 1. The van der Waals surface area contributed by atoms with E-state index in [1.807, 2.05) is 5.38 Å². The second-order valence-corrected chi connectivity index (χ2v) is 7.54. The van der Waals surface area contributed by atoms with Gasteiger partial charge in [0, 0.05) is 25.1 Å². The minimum absolute atomic E-state index is 0.116. The fourth-order valence-corrected chi connectivity index (χ4v) is 5.15. The van der Waals surface area contributed by atoms with Crippen molar-refractivity contribution in [2.75, 3.05) is 18.1 Å². The summed E-state index contributed by atoms with van der Waals surface area (Å²) in [4.78, 5) is 14.6. The number of nitriles is 1. The molecule has 1 amide bonds. The molecule has 2 saturated heterocycles. The Morgan fingerprint density at radius 2 is 2.26 bits per heavy atom. The molecule has 122 valence electrons. The lowest BCUT2D eigenvalue weighted by Gasteiger charge is -2.34. The quantitative estimate of drug-likeness (QED) is 0.923. The molecule has 2 aliphatic heterocycles. The van der Waals surface area contributed by atoms with Crippen LogP contribution in [0.1, 0.15) is 37.7 Å². The van der Waals surface area contributed by atoms with Crippen molar-refractivity contribution in [1.82, 2.24) is 5.32 Å². The fraction of sp³-hybridized carbons (Fsp3) is 0.647. The van der Waals surface area contributed by atoms with Crippen molar-refractivity contribution in [3.05, 3.63) is 17.0 Å². The number of carbonyl (C=O) groups excluding carboxylic acids is 1. The van der Waals surface area contributed by atoms with Crippen LogP contribution in [0.25, 0.3) is 0 Å². The van der Waals surface area contributed by atoms with Gasteiger partial charge in [-0.3, -0.25) is 4.79 Å². The summed E-state index contributed by atoms with van der Waals surface area (Å²) in [6.45, 7) is 1.56. The van der Waals surface area contributed by atoms with E-state index in [1.54, 1.807) is 11.0 Å². The third-order valence-electron chi connectivity index (χ3n) is 5.41. The number of hydrogen-bond acceptors (Lipinski definition) is 5. The lowest BCUT2D eigenvalue weighted by atomic mass is 9.81. The Hall–Kier alpha value is -1.42. The fourth-order valence-electron chi connectivity index (χ4n) is 4.27. The third kappa shape index (κ3) is 2.67. The largest absolute Gasteiger partial charge is 0.378 e. The first-order valence-electron chi connectivity index (χ1n) is 8.44. The average molecular weight is 331 g/mol. The third-order valence-corrected chi connectivity index (χ3v) is 6.35. The summed E-state index contributed by atoms with van der Waals surface area (Å²) < 4.78 is 5.82. The summed E-state index contributed by atoms with van der Waals surface area (Å²) in [5, 5.41) is 15.5. The van der Waals surface area contributed by atoms with E-state index >= 15 is 0 Å². The smallest absolute Gasteiger partial charge is 0.244 e. The molecule has 5 nitrogen and oxygen atoms in total. The van der Waals surface area contributed by atoms with E-state index in [2.05, 4.69) is 11.4 Å². The standard InChI is InChI=1S/C17H21N3O2S/c18-10-11-6-9-23-17(11)20-7-4-14(16(20)21)19-13-2-1-3-15-12(13)5-8-22-15/h6,9,12-15,19H,1-5,7-8H2. The summed E-state index contributed by atoms with van der Waals surface area (Å²) >= 11 is 1.47. The Morgan fingerprint density at radius 3 is 3.13 bits per heavy atom. The number of fused-ring (bicyclic) bond motifs is 1. The summed E-state index contributed by atoms with van der Waals surface area (Å²) in [5.74, 6) is 0.673. The number of carbonyl (C=O) groups is 1. The molecule has 1 aromatic heterocycles. The van der Waals surface area contributed by atoms with Gasteiger partial charge in [0.1, 0.15) is 11.1 Å². The molecule has 4 unspecified atom stereocenters. The van der Waals surface area contributed by atoms with Crippen molar-refractivity contribution in [2.45, 2.75) is 50.3 Å². The molecule has 0 spiro atoms. The van der Waals surface area contributed by atoms with Gasteiger partial charge in [-0.15, -0.1) is 11.3 Å². The lowest BCUT2D eigenvalue weighted by molar-refractivity contribution is -0.119. The molecule has 0 radical (unpaired) electrons. The first kappa shape index (κ1) is 15.1. The van der Waals surface area contributed by atoms with E-state index in [9.17, 15) is 10.1 Å². The maximum atomic E-state index is 12.8. The number of hydrogen-bond donors (Lipinski definition) is 1. The van der Waals surface area contributed by atoms with Crippen molar-refractivity contribution < 1.29 is 9.53 Å². The van der Waals surface area contributed by atoms with E-state index in [1.165, 1.54) is 17.8 Å². The predicted molar refractivity (Wildman–Crippen MR) is 88.4 cm³/mol. The lowest BCUT2D eigenvalue weighted by Crippen LogP contribution is -2.50. The first-order valence-corrected chi connectivity index (χ1v) is 9.32. The molecule has 1 aromatic rings. The zero-order valence-electron chi connectivity index (χ0n) is 13.0. The molecule has 3 fully saturated rings.